The number of nitrogen functional groups attached to an aromatic ring is 1. The third-order valence-corrected chi connectivity index (χ3v) is 3.97. The number of carbonyl (C=O) groups is 1. The average molecular weight is 291 g/mol. The Hall–Kier alpha value is -1.59. The lowest BCUT2D eigenvalue weighted by atomic mass is 10.1. The van der Waals surface area contributed by atoms with Gasteiger partial charge in [0.15, 0.2) is 0 Å². The number of nitrogens with zero attached hydrogens (tertiary/aromatic N) is 2. The van der Waals surface area contributed by atoms with Crippen molar-refractivity contribution < 1.29 is 9.53 Å². The predicted octanol–water partition coefficient (Wildman–Crippen LogP) is 1.34. The minimum absolute atomic E-state index is 0.130. The maximum absolute atomic E-state index is 12.6. The average Bonchev–Trinajstić information content (AvgIpc) is 2.52. The molecule has 21 heavy (non-hydrogen) atoms. The highest BCUT2D eigenvalue weighted by Gasteiger charge is 2.26. The Labute approximate surface area is 126 Å². The molecular formula is C16H25N3O2. The fraction of sp³-hybridized carbons (Fsp3) is 0.562. The van der Waals surface area contributed by atoms with Crippen LogP contribution >= 0.6 is 0 Å². The second-order valence-corrected chi connectivity index (χ2v) is 5.42. The van der Waals surface area contributed by atoms with E-state index >= 15 is 0 Å². The van der Waals surface area contributed by atoms with Gasteiger partial charge in [-0.3, -0.25) is 9.69 Å². The zero-order valence-electron chi connectivity index (χ0n) is 12.9. The van der Waals surface area contributed by atoms with Gasteiger partial charge in [-0.05, 0) is 31.2 Å². The van der Waals surface area contributed by atoms with Crippen LogP contribution in [0.4, 0.5) is 5.69 Å². The molecule has 1 atom stereocenters. The number of carbonyl (C=O) groups excluding carboxylic acids is 1. The topological polar surface area (TPSA) is 58.8 Å². The Morgan fingerprint density at radius 1 is 1.43 bits per heavy atom. The number of morpholine rings is 1. The molecule has 1 aliphatic heterocycles. The lowest BCUT2D eigenvalue weighted by Crippen LogP contribution is -2.50. The van der Waals surface area contributed by atoms with Gasteiger partial charge in [-0.25, -0.2) is 0 Å². The van der Waals surface area contributed by atoms with E-state index in [-0.39, 0.29) is 11.9 Å². The van der Waals surface area contributed by atoms with E-state index in [4.69, 9.17) is 10.5 Å². The van der Waals surface area contributed by atoms with Crippen LogP contribution in [0.15, 0.2) is 24.3 Å². The fourth-order valence-corrected chi connectivity index (χ4v) is 2.65. The first-order chi connectivity index (χ1) is 10.1. The summed E-state index contributed by atoms with van der Waals surface area (Å²) in [4.78, 5) is 16.6. The van der Waals surface area contributed by atoms with Crippen molar-refractivity contribution in [2.24, 2.45) is 0 Å². The molecule has 1 amide bonds. The second-order valence-electron chi connectivity index (χ2n) is 5.42. The highest BCUT2D eigenvalue weighted by molar-refractivity contribution is 5.81. The summed E-state index contributed by atoms with van der Waals surface area (Å²) >= 11 is 0. The van der Waals surface area contributed by atoms with Gasteiger partial charge in [-0.15, -0.1) is 0 Å². The first-order valence-corrected chi connectivity index (χ1v) is 7.56. The molecule has 1 fully saturated rings. The maximum Gasteiger partial charge on any atom is 0.239 e. The van der Waals surface area contributed by atoms with Gasteiger partial charge in [-0.2, -0.15) is 0 Å². The molecule has 1 aromatic carbocycles. The largest absolute Gasteiger partial charge is 0.399 e. The minimum atomic E-state index is -0.130. The summed E-state index contributed by atoms with van der Waals surface area (Å²) in [6, 6.07) is 7.71. The number of hydrogen-bond donors (Lipinski definition) is 1. The Morgan fingerprint density at radius 2 is 2.14 bits per heavy atom. The molecule has 2 N–H and O–H groups in total. The van der Waals surface area contributed by atoms with E-state index < -0.39 is 0 Å². The summed E-state index contributed by atoms with van der Waals surface area (Å²) in [5, 5.41) is 0. The van der Waals surface area contributed by atoms with Crippen molar-refractivity contribution in [2.75, 3.05) is 38.6 Å². The molecule has 1 aromatic rings. The van der Waals surface area contributed by atoms with Crippen LogP contribution in [0.1, 0.15) is 19.4 Å². The van der Waals surface area contributed by atoms with Crippen LogP contribution in [0.3, 0.4) is 0 Å². The molecule has 0 saturated carbocycles. The summed E-state index contributed by atoms with van der Waals surface area (Å²) in [5.41, 5.74) is 7.72. The molecule has 1 unspecified atom stereocenters. The maximum atomic E-state index is 12.6. The van der Waals surface area contributed by atoms with E-state index in [1.807, 2.05) is 36.1 Å². The first kappa shape index (κ1) is 15.8. The molecule has 5 heteroatoms. The van der Waals surface area contributed by atoms with Crippen LogP contribution in [0, 0.1) is 0 Å². The minimum Gasteiger partial charge on any atom is -0.399 e. The molecule has 1 aliphatic rings. The number of amides is 1. The molecule has 0 aromatic heterocycles. The highest BCUT2D eigenvalue weighted by Crippen LogP contribution is 2.13. The van der Waals surface area contributed by atoms with Crippen molar-refractivity contribution in [2.45, 2.75) is 26.4 Å². The van der Waals surface area contributed by atoms with Crippen molar-refractivity contribution in [1.29, 1.82) is 0 Å². The number of hydrogen-bond acceptors (Lipinski definition) is 4. The smallest absolute Gasteiger partial charge is 0.239 e. The van der Waals surface area contributed by atoms with Crippen molar-refractivity contribution in [3.8, 4) is 0 Å². The summed E-state index contributed by atoms with van der Waals surface area (Å²) < 4.78 is 5.30. The van der Waals surface area contributed by atoms with Gasteiger partial charge in [0.1, 0.15) is 0 Å². The van der Waals surface area contributed by atoms with Crippen molar-refractivity contribution in [3.63, 3.8) is 0 Å². The third-order valence-electron chi connectivity index (χ3n) is 3.97. The normalized spacial score (nSPS) is 17.0. The molecular weight excluding hydrogens is 266 g/mol. The van der Waals surface area contributed by atoms with Gasteiger partial charge in [0, 0.05) is 25.3 Å². The van der Waals surface area contributed by atoms with Gasteiger partial charge in [-0.1, -0.05) is 19.1 Å². The molecule has 1 heterocycles. The van der Waals surface area contributed by atoms with Crippen LogP contribution in [0.5, 0.6) is 0 Å². The first-order valence-electron chi connectivity index (χ1n) is 7.56. The van der Waals surface area contributed by atoms with Crippen LogP contribution in [-0.4, -0.2) is 54.6 Å². The van der Waals surface area contributed by atoms with Gasteiger partial charge in [0.2, 0.25) is 5.91 Å². The van der Waals surface area contributed by atoms with E-state index in [9.17, 15) is 4.79 Å². The molecule has 0 spiro atoms. The second kappa shape index (κ2) is 7.43. The van der Waals surface area contributed by atoms with Gasteiger partial charge in [0.05, 0.1) is 19.3 Å². The molecule has 0 aliphatic carbocycles. The SMILES string of the molecule is CCN(Cc1cccc(N)c1)C(C)C(=O)N1CCOCC1. The molecule has 5 nitrogen and oxygen atoms in total. The molecule has 2 rings (SSSR count). The Balaban J connectivity index is 2.00. The van der Waals surface area contributed by atoms with E-state index in [1.165, 1.54) is 0 Å². The van der Waals surface area contributed by atoms with Gasteiger partial charge >= 0.3 is 0 Å². The van der Waals surface area contributed by atoms with E-state index in [1.54, 1.807) is 0 Å². The third kappa shape index (κ3) is 4.19. The number of anilines is 1. The van der Waals surface area contributed by atoms with E-state index in [0.29, 0.717) is 26.3 Å². The lowest BCUT2D eigenvalue weighted by molar-refractivity contribution is -0.140. The van der Waals surface area contributed by atoms with Crippen molar-refractivity contribution >= 4 is 11.6 Å². The van der Waals surface area contributed by atoms with Crippen molar-refractivity contribution in [1.82, 2.24) is 9.80 Å². The number of benzene rings is 1. The van der Waals surface area contributed by atoms with Crippen LogP contribution in [0.2, 0.25) is 0 Å². The number of ether oxygens (including phenoxy) is 1. The zero-order valence-corrected chi connectivity index (χ0v) is 12.9. The Bertz CT molecular complexity index is 472. The Kier molecular flexibility index (Phi) is 5.59. The lowest BCUT2D eigenvalue weighted by Gasteiger charge is -2.34. The molecule has 0 radical (unpaired) electrons. The van der Waals surface area contributed by atoms with E-state index in [0.717, 1.165) is 24.3 Å². The van der Waals surface area contributed by atoms with Gasteiger partial charge < -0.3 is 15.4 Å². The standard InChI is InChI=1S/C16H25N3O2/c1-3-18(12-14-5-4-6-15(17)11-14)13(2)16(20)19-7-9-21-10-8-19/h4-6,11,13H,3,7-10,12,17H2,1-2H3. The molecule has 116 valence electrons. The quantitative estimate of drug-likeness (QED) is 0.832. The van der Waals surface area contributed by atoms with Gasteiger partial charge in [0.25, 0.3) is 0 Å². The highest BCUT2D eigenvalue weighted by atomic mass is 16.5. The van der Waals surface area contributed by atoms with Crippen LogP contribution < -0.4 is 5.73 Å². The fourth-order valence-electron chi connectivity index (χ4n) is 2.65. The summed E-state index contributed by atoms with van der Waals surface area (Å²) in [6.07, 6.45) is 0. The summed E-state index contributed by atoms with van der Waals surface area (Å²) in [6.45, 7) is 8.28. The monoisotopic (exact) mass is 291 g/mol. The van der Waals surface area contributed by atoms with Crippen LogP contribution in [0.25, 0.3) is 0 Å². The van der Waals surface area contributed by atoms with Crippen molar-refractivity contribution in [3.05, 3.63) is 29.8 Å². The number of likely N-dealkylation sites (N-methyl/N-ethyl adjacent to an activating group) is 1. The summed E-state index contributed by atoms with van der Waals surface area (Å²) in [5.74, 6) is 0.184. The molecule has 1 saturated heterocycles. The zero-order chi connectivity index (χ0) is 15.2. The molecule has 0 bridgehead atoms. The number of nitrogens with two attached hydrogens (primary N) is 1. The summed E-state index contributed by atoms with van der Waals surface area (Å²) in [7, 11) is 0. The van der Waals surface area contributed by atoms with Crippen LogP contribution in [-0.2, 0) is 16.1 Å². The predicted molar refractivity (Wildman–Crippen MR) is 83.8 cm³/mol. The Morgan fingerprint density at radius 3 is 2.76 bits per heavy atom. The van der Waals surface area contributed by atoms with E-state index in [2.05, 4.69) is 11.8 Å². The number of rotatable bonds is 5.